The van der Waals surface area contributed by atoms with Gasteiger partial charge < -0.3 is 15.7 Å². The highest BCUT2D eigenvalue weighted by atomic mass is 35.5. The van der Waals surface area contributed by atoms with Crippen molar-refractivity contribution in [1.29, 1.82) is 0 Å². The fourth-order valence-electron chi connectivity index (χ4n) is 1.52. The smallest absolute Gasteiger partial charge is 0.326 e. The molecule has 0 aliphatic heterocycles. The number of carboxylic acids is 1. The van der Waals surface area contributed by atoms with Gasteiger partial charge in [-0.3, -0.25) is 0 Å². The Balaban J connectivity index is 2.52. The molecule has 0 saturated heterocycles. The van der Waals surface area contributed by atoms with Crippen molar-refractivity contribution in [3.8, 4) is 0 Å². The Morgan fingerprint density at radius 3 is 2.47 bits per heavy atom. The number of carbonyl (C=O) groups excluding carboxylic acids is 1. The van der Waals surface area contributed by atoms with Gasteiger partial charge >= 0.3 is 12.0 Å². The molecule has 0 spiro atoms. The standard InChI is InChI=1S/C13H17ClN2O3/c1-8(2)11(12(17)18)16-13(19)15-7-9-5-3-4-6-10(9)14/h3-6,8,11H,7H2,1-2H3,(H,17,18)(H2,15,16,19)/t11-/m0/s1. The predicted molar refractivity (Wildman–Crippen MR) is 73.1 cm³/mol. The first-order chi connectivity index (χ1) is 8.91. The molecule has 0 bridgehead atoms. The molecule has 0 aliphatic rings. The molecule has 104 valence electrons. The van der Waals surface area contributed by atoms with Gasteiger partial charge in [-0.25, -0.2) is 9.59 Å². The highest BCUT2D eigenvalue weighted by molar-refractivity contribution is 6.31. The minimum Gasteiger partial charge on any atom is -0.480 e. The topological polar surface area (TPSA) is 78.4 Å². The van der Waals surface area contributed by atoms with Gasteiger partial charge in [0, 0.05) is 11.6 Å². The Bertz CT molecular complexity index is 463. The fourth-order valence-corrected chi connectivity index (χ4v) is 1.73. The second-order valence-electron chi connectivity index (χ2n) is 4.48. The summed E-state index contributed by atoms with van der Waals surface area (Å²) < 4.78 is 0. The quantitative estimate of drug-likeness (QED) is 0.776. The average molecular weight is 285 g/mol. The summed E-state index contributed by atoms with van der Waals surface area (Å²) in [5, 5.41) is 14.5. The summed E-state index contributed by atoms with van der Waals surface area (Å²) >= 11 is 5.95. The summed E-state index contributed by atoms with van der Waals surface area (Å²) in [4.78, 5) is 22.6. The van der Waals surface area contributed by atoms with Crippen LogP contribution in [-0.4, -0.2) is 23.1 Å². The van der Waals surface area contributed by atoms with E-state index >= 15 is 0 Å². The van der Waals surface area contributed by atoms with E-state index in [4.69, 9.17) is 16.7 Å². The molecule has 1 rings (SSSR count). The van der Waals surface area contributed by atoms with Gasteiger partial charge in [-0.15, -0.1) is 0 Å². The third-order valence-corrected chi connectivity index (χ3v) is 2.99. The van der Waals surface area contributed by atoms with Crippen LogP contribution in [-0.2, 0) is 11.3 Å². The molecule has 1 aromatic carbocycles. The number of hydrogen-bond acceptors (Lipinski definition) is 2. The first-order valence-corrected chi connectivity index (χ1v) is 6.30. The van der Waals surface area contributed by atoms with Crippen molar-refractivity contribution < 1.29 is 14.7 Å². The predicted octanol–water partition coefficient (Wildman–Crippen LogP) is 2.25. The number of benzene rings is 1. The number of amides is 2. The first-order valence-electron chi connectivity index (χ1n) is 5.92. The molecule has 19 heavy (non-hydrogen) atoms. The summed E-state index contributed by atoms with van der Waals surface area (Å²) in [6, 6.07) is 5.69. The zero-order valence-electron chi connectivity index (χ0n) is 10.8. The van der Waals surface area contributed by atoms with Crippen LogP contribution >= 0.6 is 11.6 Å². The van der Waals surface area contributed by atoms with Gasteiger partial charge in [0.1, 0.15) is 6.04 Å². The zero-order chi connectivity index (χ0) is 14.4. The van der Waals surface area contributed by atoms with Gasteiger partial charge in [0.05, 0.1) is 0 Å². The summed E-state index contributed by atoms with van der Waals surface area (Å²) in [6.07, 6.45) is 0. The van der Waals surface area contributed by atoms with Gasteiger partial charge in [0.25, 0.3) is 0 Å². The lowest BCUT2D eigenvalue weighted by atomic mass is 10.1. The minimum atomic E-state index is -1.05. The van der Waals surface area contributed by atoms with Gasteiger partial charge in [0.15, 0.2) is 0 Å². The highest BCUT2D eigenvalue weighted by Gasteiger charge is 2.23. The van der Waals surface area contributed by atoms with E-state index in [2.05, 4.69) is 10.6 Å². The van der Waals surface area contributed by atoms with Gasteiger partial charge in [-0.2, -0.15) is 0 Å². The Labute approximate surface area is 117 Å². The Morgan fingerprint density at radius 2 is 1.95 bits per heavy atom. The van der Waals surface area contributed by atoms with Crippen molar-refractivity contribution in [3.05, 3.63) is 34.9 Å². The molecule has 0 heterocycles. The molecule has 0 aliphatic carbocycles. The normalized spacial score (nSPS) is 12.0. The largest absolute Gasteiger partial charge is 0.480 e. The molecule has 2 amide bonds. The molecule has 1 aromatic rings. The van der Waals surface area contributed by atoms with Crippen molar-refractivity contribution in [2.24, 2.45) is 5.92 Å². The Hall–Kier alpha value is -1.75. The van der Waals surface area contributed by atoms with Crippen molar-refractivity contribution in [2.45, 2.75) is 26.4 Å². The Morgan fingerprint density at radius 1 is 1.32 bits per heavy atom. The second-order valence-corrected chi connectivity index (χ2v) is 4.89. The lowest BCUT2D eigenvalue weighted by molar-refractivity contribution is -0.140. The van der Waals surface area contributed by atoms with Crippen molar-refractivity contribution in [2.75, 3.05) is 0 Å². The van der Waals surface area contributed by atoms with Crippen LogP contribution in [0, 0.1) is 5.92 Å². The van der Waals surface area contributed by atoms with Crippen LogP contribution in [0.3, 0.4) is 0 Å². The van der Waals surface area contributed by atoms with Crippen LogP contribution < -0.4 is 10.6 Å². The van der Waals surface area contributed by atoms with E-state index in [1.165, 1.54) is 0 Å². The van der Waals surface area contributed by atoms with Crippen molar-refractivity contribution in [1.82, 2.24) is 10.6 Å². The maximum absolute atomic E-state index is 11.6. The number of urea groups is 1. The van der Waals surface area contributed by atoms with Gasteiger partial charge in [-0.1, -0.05) is 43.6 Å². The van der Waals surface area contributed by atoms with Gasteiger partial charge in [-0.05, 0) is 17.5 Å². The number of halogens is 1. The molecule has 0 saturated carbocycles. The van der Waals surface area contributed by atoms with E-state index in [9.17, 15) is 9.59 Å². The van der Waals surface area contributed by atoms with Crippen LogP contribution in [0.2, 0.25) is 5.02 Å². The third kappa shape index (κ3) is 4.79. The number of nitrogens with one attached hydrogen (secondary N) is 2. The maximum atomic E-state index is 11.6. The molecule has 6 heteroatoms. The lowest BCUT2D eigenvalue weighted by Gasteiger charge is -2.18. The van der Waals surface area contributed by atoms with Crippen LogP contribution in [0.5, 0.6) is 0 Å². The SMILES string of the molecule is CC(C)[C@H](NC(=O)NCc1ccccc1Cl)C(=O)O. The van der Waals surface area contributed by atoms with Crippen LogP contribution in [0.15, 0.2) is 24.3 Å². The summed E-state index contributed by atoms with van der Waals surface area (Å²) in [5.41, 5.74) is 0.774. The summed E-state index contributed by atoms with van der Waals surface area (Å²) in [5.74, 6) is -1.24. The zero-order valence-corrected chi connectivity index (χ0v) is 11.6. The Kier molecular flexibility index (Phi) is 5.63. The van der Waals surface area contributed by atoms with E-state index < -0.39 is 18.0 Å². The maximum Gasteiger partial charge on any atom is 0.326 e. The monoisotopic (exact) mass is 284 g/mol. The molecular weight excluding hydrogens is 268 g/mol. The molecule has 0 radical (unpaired) electrons. The van der Waals surface area contributed by atoms with Crippen LogP contribution in [0.25, 0.3) is 0 Å². The van der Waals surface area contributed by atoms with Crippen LogP contribution in [0.4, 0.5) is 4.79 Å². The van der Waals surface area contributed by atoms with E-state index in [1.54, 1.807) is 32.0 Å². The number of hydrogen-bond donors (Lipinski definition) is 3. The summed E-state index contributed by atoms with van der Waals surface area (Å²) in [6.45, 7) is 3.70. The number of rotatable bonds is 5. The third-order valence-electron chi connectivity index (χ3n) is 2.62. The minimum absolute atomic E-state index is 0.191. The molecule has 0 fully saturated rings. The average Bonchev–Trinajstić information content (AvgIpc) is 2.34. The summed E-state index contributed by atoms with van der Waals surface area (Å²) in [7, 11) is 0. The highest BCUT2D eigenvalue weighted by Crippen LogP contribution is 2.14. The lowest BCUT2D eigenvalue weighted by Crippen LogP contribution is -2.48. The molecule has 5 nitrogen and oxygen atoms in total. The molecule has 0 aromatic heterocycles. The number of aliphatic carboxylic acids is 1. The number of carbonyl (C=O) groups is 2. The molecule has 1 atom stereocenters. The van der Waals surface area contributed by atoms with E-state index in [-0.39, 0.29) is 12.5 Å². The van der Waals surface area contributed by atoms with Crippen molar-refractivity contribution in [3.63, 3.8) is 0 Å². The second kappa shape index (κ2) is 6.99. The molecular formula is C13H17ClN2O3. The van der Waals surface area contributed by atoms with E-state index in [1.807, 2.05) is 6.07 Å². The molecule has 3 N–H and O–H groups in total. The fraction of sp³-hybridized carbons (Fsp3) is 0.385. The van der Waals surface area contributed by atoms with E-state index in [0.717, 1.165) is 5.56 Å². The van der Waals surface area contributed by atoms with E-state index in [0.29, 0.717) is 5.02 Å². The molecule has 0 unspecified atom stereocenters. The number of carboxylic acid groups (broad SMARTS) is 1. The van der Waals surface area contributed by atoms with Crippen molar-refractivity contribution >= 4 is 23.6 Å². The first kappa shape index (κ1) is 15.3. The van der Waals surface area contributed by atoms with Gasteiger partial charge in [0.2, 0.25) is 0 Å². The van der Waals surface area contributed by atoms with Crippen LogP contribution in [0.1, 0.15) is 19.4 Å².